The average molecular weight is 599 g/mol. The lowest BCUT2D eigenvalue weighted by Gasteiger charge is -2.41. The fourth-order valence-electron chi connectivity index (χ4n) is 7.82. The molecule has 7 rings (SSSR count). The number of rotatable bonds is 7. The van der Waals surface area contributed by atoms with Crippen LogP contribution in [0.5, 0.6) is 6.01 Å². The summed E-state index contributed by atoms with van der Waals surface area (Å²) in [4.78, 5) is 38.1. The third-order valence-corrected chi connectivity index (χ3v) is 10.1. The number of ether oxygens (including phenoxy) is 1. The number of hydrogen-bond acceptors (Lipinski definition) is 9. The molecule has 6 heterocycles. The van der Waals surface area contributed by atoms with Gasteiger partial charge in [0.25, 0.3) is 5.91 Å². The Morgan fingerprint density at radius 2 is 1.91 bits per heavy atom. The molecule has 0 spiro atoms. The van der Waals surface area contributed by atoms with Crippen molar-refractivity contribution in [1.29, 1.82) is 5.26 Å². The Bertz CT molecular complexity index is 1600. The summed E-state index contributed by atoms with van der Waals surface area (Å²) in [6.07, 6.45) is 11.3. The molecule has 1 aliphatic carbocycles. The lowest BCUT2D eigenvalue weighted by Crippen LogP contribution is -2.56. The van der Waals surface area contributed by atoms with Crippen LogP contribution in [0.1, 0.15) is 63.0 Å². The van der Waals surface area contributed by atoms with Gasteiger partial charge < -0.3 is 14.5 Å². The second-order valence-corrected chi connectivity index (χ2v) is 12.7. The third-order valence-electron chi connectivity index (χ3n) is 10.1. The molecule has 1 amide bonds. The van der Waals surface area contributed by atoms with Crippen LogP contribution in [0, 0.1) is 11.3 Å². The number of anilines is 1. The highest BCUT2D eigenvalue weighted by Crippen LogP contribution is 2.39. The molecule has 0 radical (unpaired) electrons. The van der Waals surface area contributed by atoms with Gasteiger partial charge in [0.1, 0.15) is 12.4 Å². The van der Waals surface area contributed by atoms with Gasteiger partial charge in [0.05, 0.1) is 35.2 Å². The molecule has 10 nitrogen and oxygen atoms in total. The van der Waals surface area contributed by atoms with Crippen LogP contribution < -0.4 is 9.64 Å². The maximum atomic E-state index is 14.0. The summed E-state index contributed by atoms with van der Waals surface area (Å²) >= 11 is 0. The molecule has 1 unspecified atom stereocenters. The first-order chi connectivity index (χ1) is 21.5. The molecule has 3 aromatic heterocycles. The van der Waals surface area contributed by atoms with Crippen molar-refractivity contribution < 1.29 is 13.9 Å². The number of carbonyl (C=O) groups excluding carboxylic acids is 1. The van der Waals surface area contributed by atoms with E-state index in [0.717, 1.165) is 61.8 Å². The van der Waals surface area contributed by atoms with Gasteiger partial charge >= 0.3 is 6.01 Å². The molecule has 3 aromatic rings. The number of alkyl halides is 1. The van der Waals surface area contributed by atoms with E-state index in [4.69, 9.17) is 19.7 Å². The number of aryl methyl sites for hydroxylation is 1. The number of nitriles is 1. The Balaban J connectivity index is 1.26. The van der Waals surface area contributed by atoms with Gasteiger partial charge in [0, 0.05) is 37.6 Å². The number of halogens is 1. The van der Waals surface area contributed by atoms with Crippen LogP contribution in [0.4, 0.5) is 10.2 Å². The maximum Gasteiger partial charge on any atom is 0.320 e. The summed E-state index contributed by atoms with van der Waals surface area (Å²) in [5.41, 5.74) is 5.04. The Hall–Kier alpha value is -3.91. The van der Waals surface area contributed by atoms with E-state index in [-0.39, 0.29) is 18.0 Å². The van der Waals surface area contributed by atoms with Crippen LogP contribution in [0.15, 0.2) is 24.5 Å². The van der Waals surface area contributed by atoms with E-state index >= 15 is 0 Å². The third kappa shape index (κ3) is 5.23. The van der Waals surface area contributed by atoms with Gasteiger partial charge in [0.15, 0.2) is 11.8 Å². The number of carbonyl (C=O) groups is 1. The first-order valence-corrected chi connectivity index (χ1v) is 16.0. The standard InChI is InChI=1S/C33H39FN8O2/c1-22(34)31(43)42-17-16-40(20-24(42)10-13-35)30-26-8-9-28(27-19-36-18-23-6-2-3-7-25(23)27)37-29(26)38-32(39-30)44-21-33-11-4-14-41(33)15-5-12-33/h8-9,18-19,22,24H,2-7,10-12,14-17,20-21H2,1H3/t22?,24-/m0/s1. The molecule has 11 heteroatoms. The zero-order valence-electron chi connectivity index (χ0n) is 25.3. The zero-order valence-corrected chi connectivity index (χ0v) is 25.3. The SMILES string of the molecule is CC(F)C(=O)N1CCN(c2nc(OCC34CCCN3CCC4)nc3nc(-c4cncc5c4CCCC5)ccc23)C[C@@H]1CC#N. The Morgan fingerprint density at radius 1 is 1.09 bits per heavy atom. The average Bonchev–Trinajstić information content (AvgIpc) is 3.63. The normalized spacial score (nSPS) is 22.0. The van der Waals surface area contributed by atoms with Crippen LogP contribution in [-0.4, -0.2) is 92.7 Å². The molecule has 0 saturated carbocycles. The highest BCUT2D eigenvalue weighted by Gasteiger charge is 2.45. The van der Waals surface area contributed by atoms with Crippen molar-refractivity contribution >= 4 is 22.8 Å². The van der Waals surface area contributed by atoms with Crippen molar-refractivity contribution in [2.75, 3.05) is 44.2 Å². The minimum Gasteiger partial charge on any atom is -0.461 e. The molecule has 2 atom stereocenters. The molecule has 3 aliphatic heterocycles. The largest absolute Gasteiger partial charge is 0.461 e. The number of nitrogens with zero attached hydrogens (tertiary/aromatic N) is 8. The van der Waals surface area contributed by atoms with Crippen molar-refractivity contribution in [2.45, 2.75) is 82.5 Å². The molecule has 3 saturated heterocycles. The van der Waals surface area contributed by atoms with E-state index in [1.807, 2.05) is 24.5 Å². The summed E-state index contributed by atoms with van der Waals surface area (Å²) in [5.74, 6) is 0.0808. The predicted octanol–water partition coefficient (Wildman–Crippen LogP) is 4.26. The van der Waals surface area contributed by atoms with Gasteiger partial charge in [-0.25, -0.2) is 9.37 Å². The quantitative estimate of drug-likeness (QED) is 0.394. The molecule has 4 aliphatic rings. The highest BCUT2D eigenvalue weighted by atomic mass is 19.1. The van der Waals surface area contributed by atoms with Gasteiger partial charge in [-0.2, -0.15) is 15.2 Å². The minimum absolute atomic E-state index is 0.0372. The highest BCUT2D eigenvalue weighted by molar-refractivity contribution is 5.89. The summed E-state index contributed by atoms with van der Waals surface area (Å²) in [7, 11) is 0. The molecule has 0 N–H and O–H groups in total. The Labute approximate surface area is 257 Å². The molecular formula is C33H39FN8O2. The summed E-state index contributed by atoms with van der Waals surface area (Å²) in [5, 5.41) is 10.3. The molecule has 0 bridgehead atoms. The first-order valence-electron chi connectivity index (χ1n) is 16.0. The van der Waals surface area contributed by atoms with Gasteiger partial charge in [-0.1, -0.05) is 0 Å². The number of hydrogen-bond donors (Lipinski definition) is 0. The lowest BCUT2D eigenvalue weighted by atomic mass is 9.89. The molecular weight excluding hydrogens is 559 g/mol. The van der Waals surface area contributed by atoms with Crippen molar-refractivity contribution in [3.63, 3.8) is 0 Å². The van der Waals surface area contributed by atoms with Crippen molar-refractivity contribution in [1.82, 2.24) is 29.7 Å². The van der Waals surface area contributed by atoms with Gasteiger partial charge in [-0.15, -0.1) is 0 Å². The number of piperazine rings is 1. The van der Waals surface area contributed by atoms with E-state index in [9.17, 15) is 14.4 Å². The molecule has 0 aromatic carbocycles. The van der Waals surface area contributed by atoms with Crippen LogP contribution in [-0.2, 0) is 17.6 Å². The summed E-state index contributed by atoms with van der Waals surface area (Å²) in [6, 6.07) is 6.03. The van der Waals surface area contributed by atoms with E-state index in [1.165, 1.54) is 42.2 Å². The Kier molecular flexibility index (Phi) is 7.79. The van der Waals surface area contributed by atoms with Crippen LogP contribution in [0.2, 0.25) is 0 Å². The fourth-order valence-corrected chi connectivity index (χ4v) is 7.82. The fraction of sp³-hybridized carbons (Fsp3) is 0.576. The van der Waals surface area contributed by atoms with Gasteiger partial charge in [-0.3, -0.25) is 14.7 Å². The monoisotopic (exact) mass is 598 g/mol. The lowest BCUT2D eigenvalue weighted by molar-refractivity contribution is -0.138. The predicted molar refractivity (Wildman–Crippen MR) is 164 cm³/mol. The molecule has 230 valence electrons. The van der Waals surface area contributed by atoms with Crippen LogP contribution in [0.25, 0.3) is 22.3 Å². The molecule has 44 heavy (non-hydrogen) atoms. The molecule has 3 fully saturated rings. The smallest absolute Gasteiger partial charge is 0.320 e. The summed E-state index contributed by atoms with van der Waals surface area (Å²) in [6.45, 7) is 5.09. The Morgan fingerprint density at radius 3 is 2.70 bits per heavy atom. The number of amides is 1. The second kappa shape index (κ2) is 11.9. The van der Waals surface area contributed by atoms with Crippen molar-refractivity contribution in [3.05, 3.63) is 35.7 Å². The zero-order chi connectivity index (χ0) is 30.3. The second-order valence-electron chi connectivity index (χ2n) is 12.7. The first kappa shape index (κ1) is 28.8. The number of fused-ring (bicyclic) bond motifs is 3. The van der Waals surface area contributed by atoms with Crippen LogP contribution in [0.3, 0.4) is 0 Å². The van der Waals surface area contributed by atoms with Gasteiger partial charge in [-0.05, 0) is 94.6 Å². The van der Waals surface area contributed by atoms with Crippen LogP contribution >= 0.6 is 0 Å². The number of aromatic nitrogens is 4. The summed E-state index contributed by atoms with van der Waals surface area (Å²) < 4.78 is 20.4. The van der Waals surface area contributed by atoms with Gasteiger partial charge in [0.2, 0.25) is 0 Å². The van der Waals surface area contributed by atoms with E-state index in [1.54, 1.807) is 0 Å². The topological polar surface area (TPSA) is 111 Å². The maximum absolute atomic E-state index is 14.0. The van der Waals surface area contributed by atoms with E-state index in [0.29, 0.717) is 37.7 Å². The van der Waals surface area contributed by atoms with E-state index < -0.39 is 18.1 Å². The van der Waals surface area contributed by atoms with Crippen molar-refractivity contribution in [3.8, 4) is 23.3 Å². The van der Waals surface area contributed by atoms with Crippen molar-refractivity contribution in [2.24, 2.45) is 0 Å². The number of pyridine rings is 2. The van der Waals surface area contributed by atoms with E-state index in [2.05, 4.69) is 20.9 Å². The minimum atomic E-state index is -1.62.